The Balaban J connectivity index is 1.84. The van der Waals surface area contributed by atoms with Crippen molar-refractivity contribution >= 4 is 5.65 Å². The fraction of sp³-hybridized carbons (Fsp3) is 0.529. The standard InChI is InChI=1S/C17H23N3O/c1-12-6-4-8-15-19-13(10-16(21)20(12)15)11-18-14-7-5-9-17(14,2)3/h4,6,8,10,14,18H,5,7,9,11H2,1-3H3/t14-/m1/s1. The summed E-state index contributed by atoms with van der Waals surface area (Å²) in [5.74, 6) is 0. The quantitative estimate of drug-likeness (QED) is 0.943. The normalized spacial score (nSPS) is 21.0. The average molecular weight is 285 g/mol. The molecule has 4 heteroatoms. The largest absolute Gasteiger partial charge is 0.308 e. The summed E-state index contributed by atoms with van der Waals surface area (Å²) in [5.41, 5.74) is 2.81. The molecule has 0 radical (unpaired) electrons. The fourth-order valence-electron chi connectivity index (χ4n) is 3.39. The van der Waals surface area contributed by atoms with Gasteiger partial charge in [0.25, 0.3) is 5.56 Å². The van der Waals surface area contributed by atoms with Gasteiger partial charge in [-0.1, -0.05) is 26.3 Å². The smallest absolute Gasteiger partial charge is 0.258 e. The maximum Gasteiger partial charge on any atom is 0.258 e. The van der Waals surface area contributed by atoms with Crippen LogP contribution in [0.2, 0.25) is 0 Å². The number of hydrogen-bond donors (Lipinski definition) is 1. The first-order chi connectivity index (χ1) is 9.97. The monoisotopic (exact) mass is 285 g/mol. The van der Waals surface area contributed by atoms with Crippen molar-refractivity contribution in [2.75, 3.05) is 0 Å². The SMILES string of the molecule is Cc1cccc2nc(CN[C@@H]3CCCC3(C)C)cc(=O)n12. The third-order valence-electron chi connectivity index (χ3n) is 4.72. The van der Waals surface area contributed by atoms with E-state index in [9.17, 15) is 4.79 Å². The van der Waals surface area contributed by atoms with Gasteiger partial charge in [0.15, 0.2) is 0 Å². The number of hydrogen-bond acceptors (Lipinski definition) is 3. The van der Waals surface area contributed by atoms with E-state index in [2.05, 4.69) is 24.1 Å². The van der Waals surface area contributed by atoms with Gasteiger partial charge in [-0.3, -0.25) is 9.20 Å². The molecule has 1 aliphatic rings. The lowest BCUT2D eigenvalue weighted by atomic mass is 9.87. The van der Waals surface area contributed by atoms with Gasteiger partial charge in [-0.15, -0.1) is 0 Å². The predicted octanol–water partition coefficient (Wildman–Crippen LogP) is 2.67. The maximum absolute atomic E-state index is 12.2. The van der Waals surface area contributed by atoms with Gasteiger partial charge in [-0.25, -0.2) is 4.98 Å². The van der Waals surface area contributed by atoms with E-state index < -0.39 is 0 Å². The van der Waals surface area contributed by atoms with Crippen molar-refractivity contribution in [3.63, 3.8) is 0 Å². The molecule has 1 fully saturated rings. The summed E-state index contributed by atoms with van der Waals surface area (Å²) in [5, 5.41) is 3.58. The van der Waals surface area contributed by atoms with Crippen LogP contribution >= 0.6 is 0 Å². The van der Waals surface area contributed by atoms with E-state index in [4.69, 9.17) is 0 Å². The minimum absolute atomic E-state index is 0.000539. The molecule has 2 heterocycles. The lowest BCUT2D eigenvalue weighted by Gasteiger charge is -2.27. The molecule has 0 aliphatic heterocycles. The summed E-state index contributed by atoms with van der Waals surface area (Å²) in [6.07, 6.45) is 3.74. The third-order valence-corrected chi connectivity index (χ3v) is 4.72. The van der Waals surface area contributed by atoms with Gasteiger partial charge in [-0.2, -0.15) is 0 Å². The van der Waals surface area contributed by atoms with E-state index in [1.54, 1.807) is 10.5 Å². The van der Waals surface area contributed by atoms with E-state index in [1.165, 1.54) is 19.3 Å². The summed E-state index contributed by atoms with van der Waals surface area (Å²) in [7, 11) is 0. The van der Waals surface area contributed by atoms with Crippen LogP contribution < -0.4 is 10.9 Å². The predicted molar refractivity (Wildman–Crippen MR) is 84.5 cm³/mol. The van der Waals surface area contributed by atoms with E-state index in [0.717, 1.165) is 17.0 Å². The Hall–Kier alpha value is -1.68. The molecule has 2 aromatic rings. The van der Waals surface area contributed by atoms with Crippen LogP contribution in [0.3, 0.4) is 0 Å². The minimum atomic E-state index is 0.000539. The molecule has 21 heavy (non-hydrogen) atoms. The number of rotatable bonds is 3. The Morgan fingerprint density at radius 3 is 2.95 bits per heavy atom. The number of aryl methyl sites for hydroxylation is 1. The molecule has 0 amide bonds. The number of pyridine rings is 1. The number of nitrogens with one attached hydrogen (secondary N) is 1. The van der Waals surface area contributed by atoms with Crippen molar-refractivity contribution in [2.45, 2.75) is 52.6 Å². The first-order valence-electron chi connectivity index (χ1n) is 7.69. The van der Waals surface area contributed by atoms with Gasteiger partial charge in [0.2, 0.25) is 0 Å². The molecule has 1 atom stereocenters. The van der Waals surface area contributed by atoms with E-state index >= 15 is 0 Å². The lowest BCUT2D eigenvalue weighted by Crippen LogP contribution is -2.37. The van der Waals surface area contributed by atoms with Gasteiger partial charge in [-0.05, 0) is 37.3 Å². The van der Waals surface area contributed by atoms with Crippen molar-refractivity contribution < 1.29 is 0 Å². The molecule has 0 saturated heterocycles. The third kappa shape index (κ3) is 2.72. The fourth-order valence-corrected chi connectivity index (χ4v) is 3.39. The Morgan fingerprint density at radius 1 is 1.43 bits per heavy atom. The molecule has 0 bridgehead atoms. The van der Waals surface area contributed by atoms with Crippen molar-refractivity contribution in [3.05, 3.63) is 46.0 Å². The summed E-state index contributed by atoms with van der Waals surface area (Å²) >= 11 is 0. The minimum Gasteiger partial charge on any atom is -0.308 e. The molecular weight excluding hydrogens is 262 g/mol. The highest BCUT2D eigenvalue weighted by atomic mass is 16.1. The number of fused-ring (bicyclic) bond motifs is 1. The highest BCUT2D eigenvalue weighted by molar-refractivity contribution is 5.40. The van der Waals surface area contributed by atoms with Crippen LogP contribution in [0.4, 0.5) is 0 Å². The van der Waals surface area contributed by atoms with Crippen molar-refractivity contribution in [2.24, 2.45) is 5.41 Å². The van der Waals surface area contributed by atoms with Crippen LogP contribution in [0, 0.1) is 12.3 Å². The second-order valence-corrected chi connectivity index (χ2v) is 6.76. The molecule has 3 rings (SSSR count). The average Bonchev–Trinajstić information content (AvgIpc) is 2.75. The molecule has 0 spiro atoms. The Labute approximate surface area is 125 Å². The maximum atomic E-state index is 12.2. The molecule has 1 N–H and O–H groups in total. The molecule has 2 aromatic heterocycles. The lowest BCUT2D eigenvalue weighted by molar-refractivity contribution is 0.282. The molecule has 1 aliphatic carbocycles. The molecule has 1 saturated carbocycles. The summed E-state index contributed by atoms with van der Waals surface area (Å²) < 4.78 is 1.66. The van der Waals surface area contributed by atoms with Gasteiger partial charge < -0.3 is 5.32 Å². The van der Waals surface area contributed by atoms with Crippen molar-refractivity contribution in [1.82, 2.24) is 14.7 Å². The summed E-state index contributed by atoms with van der Waals surface area (Å²) in [6, 6.07) is 7.91. The van der Waals surface area contributed by atoms with Gasteiger partial charge in [0.05, 0.1) is 5.69 Å². The molecule has 112 valence electrons. The summed E-state index contributed by atoms with van der Waals surface area (Å²) in [6.45, 7) is 7.20. The van der Waals surface area contributed by atoms with Crippen LogP contribution in [-0.4, -0.2) is 15.4 Å². The molecule has 0 unspecified atom stereocenters. The Kier molecular flexibility index (Phi) is 3.57. The second-order valence-electron chi connectivity index (χ2n) is 6.76. The van der Waals surface area contributed by atoms with Gasteiger partial charge in [0.1, 0.15) is 5.65 Å². The zero-order chi connectivity index (χ0) is 15.0. The van der Waals surface area contributed by atoms with Gasteiger partial charge >= 0.3 is 0 Å². The van der Waals surface area contributed by atoms with Crippen LogP contribution in [0.15, 0.2) is 29.1 Å². The van der Waals surface area contributed by atoms with Crippen LogP contribution in [0.25, 0.3) is 5.65 Å². The van der Waals surface area contributed by atoms with E-state index in [-0.39, 0.29) is 5.56 Å². The van der Waals surface area contributed by atoms with Crippen molar-refractivity contribution in [3.8, 4) is 0 Å². The van der Waals surface area contributed by atoms with Crippen LogP contribution in [0.1, 0.15) is 44.5 Å². The Bertz CT molecular complexity index is 718. The summed E-state index contributed by atoms with van der Waals surface area (Å²) in [4.78, 5) is 16.8. The number of aromatic nitrogens is 2. The molecule has 0 aromatic carbocycles. The van der Waals surface area contributed by atoms with Gasteiger partial charge in [0, 0.05) is 24.3 Å². The Morgan fingerprint density at radius 2 is 2.24 bits per heavy atom. The molecular formula is C17H23N3O. The topological polar surface area (TPSA) is 46.4 Å². The van der Waals surface area contributed by atoms with Crippen LogP contribution in [-0.2, 0) is 6.54 Å². The zero-order valence-electron chi connectivity index (χ0n) is 13.0. The highest BCUT2D eigenvalue weighted by Gasteiger charge is 2.33. The van der Waals surface area contributed by atoms with E-state index in [1.807, 2.05) is 25.1 Å². The zero-order valence-corrected chi connectivity index (χ0v) is 13.0. The number of nitrogens with zero attached hydrogens (tertiary/aromatic N) is 2. The second kappa shape index (κ2) is 5.26. The van der Waals surface area contributed by atoms with Crippen molar-refractivity contribution in [1.29, 1.82) is 0 Å². The van der Waals surface area contributed by atoms with E-state index in [0.29, 0.717) is 18.0 Å². The van der Waals surface area contributed by atoms with Crippen LogP contribution in [0.5, 0.6) is 0 Å². The first kappa shape index (κ1) is 14.3. The molecule has 4 nitrogen and oxygen atoms in total. The highest BCUT2D eigenvalue weighted by Crippen LogP contribution is 2.37. The first-order valence-corrected chi connectivity index (χ1v) is 7.69.